The van der Waals surface area contributed by atoms with Crippen LogP contribution in [0, 0.1) is 13.8 Å². The Balaban J connectivity index is 1.98. The lowest BCUT2D eigenvalue weighted by Gasteiger charge is -2.12. The van der Waals surface area contributed by atoms with Crippen molar-refractivity contribution in [1.29, 1.82) is 0 Å². The molecule has 0 fully saturated rings. The Morgan fingerprint density at radius 2 is 1.71 bits per heavy atom. The fraction of sp³-hybridized carbons (Fsp3) is 0.176. The molecule has 0 radical (unpaired) electrons. The summed E-state index contributed by atoms with van der Waals surface area (Å²) in [5.74, 6) is -1.16. The van der Waals surface area contributed by atoms with Crippen LogP contribution in [0.3, 0.4) is 0 Å². The van der Waals surface area contributed by atoms with E-state index in [9.17, 15) is 9.59 Å². The zero-order valence-corrected chi connectivity index (χ0v) is 15.2. The molecule has 0 saturated carbocycles. The third-order valence-corrected chi connectivity index (χ3v) is 4.22. The minimum absolute atomic E-state index is 0.210. The standard InChI is InChI=1S/C17H14Cl3NO3/c1-9-5-10(2)16(14(20)6-9)21-15(22)8-24-17(23)11-3-4-12(18)13(19)7-11/h3-7H,8H2,1-2H3,(H,21,22). The van der Waals surface area contributed by atoms with Gasteiger partial charge in [-0.1, -0.05) is 40.9 Å². The molecule has 0 aliphatic carbocycles. The van der Waals surface area contributed by atoms with E-state index in [0.717, 1.165) is 11.1 Å². The van der Waals surface area contributed by atoms with Gasteiger partial charge in [-0.15, -0.1) is 0 Å². The number of hydrogen-bond acceptors (Lipinski definition) is 3. The van der Waals surface area contributed by atoms with Crippen LogP contribution >= 0.6 is 34.8 Å². The van der Waals surface area contributed by atoms with Crippen molar-refractivity contribution >= 4 is 52.4 Å². The minimum Gasteiger partial charge on any atom is -0.452 e. The summed E-state index contributed by atoms with van der Waals surface area (Å²) in [5.41, 5.74) is 2.52. The fourth-order valence-corrected chi connectivity index (χ4v) is 2.75. The van der Waals surface area contributed by atoms with Crippen molar-refractivity contribution in [3.05, 3.63) is 62.1 Å². The van der Waals surface area contributed by atoms with Gasteiger partial charge in [-0.25, -0.2) is 4.79 Å². The van der Waals surface area contributed by atoms with Crippen molar-refractivity contribution in [3.8, 4) is 0 Å². The molecule has 0 saturated heterocycles. The first-order valence-electron chi connectivity index (χ1n) is 6.96. The zero-order valence-electron chi connectivity index (χ0n) is 13.0. The summed E-state index contributed by atoms with van der Waals surface area (Å²) in [6, 6.07) is 7.96. The quantitative estimate of drug-likeness (QED) is 0.747. The molecule has 2 aromatic carbocycles. The molecule has 0 unspecified atom stereocenters. The topological polar surface area (TPSA) is 55.4 Å². The SMILES string of the molecule is Cc1cc(C)c(NC(=O)COC(=O)c2ccc(Cl)c(Cl)c2)c(Cl)c1. The van der Waals surface area contributed by atoms with Gasteiger partial charge in [0.2, 0.25) is 0 Å². The maximum absolute atomic E-state index is 12.0. The molecule has 24 heavy (non-hydrogen) atoms. The summed E-state index contributed by atoms with van der Waals surface area (Å²) in [6.45, 7) is 3.29. The summed E-state index contributed by atoms with van der Waals surface area (Å²) >= 11 is 17.7. The molecular weight excluding hydrogens is 373 g/mol. The number of anilines is 1. The zero-order chi connectivity index (χ0) is 17.9. The van der Waals surface area contributed by atoms with E-state index >= 15 is 0 Å². The first-order valence-corrected chi connectivity index (χ1v) is 8.10. The fourth-order valence-electron chi connectivity index (χ4n) is 2.09. The molecule has 0 heterocycles. The Morgan fingerprint density at radius 3 is 2.33 bits per heavy atom. The highest BCUT2D eigenvalue weighted by atomic mass is 35.5. The number of hydrogen-bond donors (Lipinski definition) is 1. The third-order valence-electron chi connectivity index (χ3n) is 3.19. The maximum atomic E-state index is 12.0. The summed E-state index contributed by atoms with van der Waals surface area (Å²) in [6.07, 6.45) is 0. The van der Waals surface area contributed by atoms with Crippen molar-refractivity contribution in [3.63, 3.8) is 0 Å². The molecule has 0 bridgehead atoms. The second-order valence-electron chi connectivity index (χ2n) is 5.19. The average molecular weight is 387 g/mol. The molecule has 0 aliphatic heterocycles. The van der Waals surface area contributed by atoms with Crippen LogP contribution in [0.2, 0.25) is 15.1 Å². The molecular formula is C17H14Cl3NO3. The predicted molar refractivity (Wildman–Crippen MR) is 96.3 cm³/mol. The molecule has 4 nitrogen and oxygen atoms in total. The van der Waals surface area contributed by atoms with E-state index in [1.54, 1.807) is 6.07 Å². The molecule has 0 atom stereocenters. The molecule has 0 aromatic heterocycles. The predicted octanol–water partition coefficient (Wildman–Crippen LogP) is 5.06. The van der Waals surface area contributed by atoms with Gasteiger partial charge >= 0.3 is 5.97 Å². The molecule has 1 amide bonds. The Kier molecular flexibility index (Phi) is 6.10. The van der Waals surface area contributed by atoms with Gasteiger partial charge in [0.1, 0.15) is 0 Å². The van der Waals surface area contributed by atoms with Crippen molar-refractivity contribution < 1.29 is 14.3 Å². The summed E-state index contributed by atoms with van der Waals surface area (Å²) < 4.78 is 4.96. The van der Waals surface area contributed by atoms with Gasteiger partial charge in [0, 0.05) is 0 Å². The van der Waals surface area contributed by atoms with Crippen LogP contribution in [-0.2, 0) is 9.53 Å². The smallest absolute Gasteiger partial charge is 0.338 e. The normalized spacial score (nSPS) is 10.4. The first-order chi connectivity index (χ1) is 11.3. The van der Waals surface area contributed by atoms with E-state index in [1.807, 2.05) is 19.9 Å². The molecule has 7 heteroatoms. The van der Waals surface area contributed by atoms with Gasteiger partial charge in [0.05, 0.1) is 26.3 Å². The third kappa shape index (κ3) is 4.63. The Morgan fingerprint density at radius 1 is 1.00 bits per heavy atom. The van der Waals surface area contributed by atoms with E-state index in [4.69, 9.17) is 39.5 Å². The highest BCUT2D eigenvalue weighted by Crippen LogP contribution is 2.27. The van der Waals surface area contributed by atoms with Gasteiger partial charge < -0.3 is 10.1 Å². The maximum Gasteiger partial charge on any atom is 0.338 e. The van der Waals surface area contributed by atoms with Gasteiger partial charge in [0.15, 0.2) is 6.61 Å². The number of rotatable bonds is 4. The van der Waals surface area contributed by atoms with Crippen LogP contribution in [0.4, 0.5) is 5.69 Å². The van der Waals surface area contributed by atoms with Crippen LogP contribution in [-0.4, -0.2) is 18.5 Å². The van der Waals surface area contributed by atoms with Gasteiger partial charge in [-0.2, -0.15) is 0 Å². The number of benzene rings is 2. The van der Waals surface area contributed by atoms with Crippen molar-refractivity contribution in [1.82, 2.24) is 0 Å². The molecule has 0 aliphatic rings. The van der Waals surface area contributed by atoms with E-state index < -0.39 is 18.5 Å². The lowest BCUT2D eigenvalue weighted by Crippen LogP contribution is -2.21. The minimum atomic E-state index is -0.671. The summed E-state index contributed by atoms with van der Waals surface area (Å²) in [7, 11) is 0. The summed E-state index contributed by atoms with van der Waals surface area (Å²) in [5, 5.41) is 3.63. The Bertz CT molecular complexity index is 783. The number of ether oxygens (including phenoxy) is 1. The Labute approximate surface area is 154 Å². The van der Waals surface area contributed by atoms with E-state index in [2.05, 4.69) is 5.32 Å². The summed E-state index contributed by atoms with van der Waals surface area (Å²) in [4.78, 5) is 23.9. The second-order valence-corrected chi connectivity index (χ2v) is 6.41. The molecule has 2 aromatic rings. The van der Waals surface area contributed by atoms with Crippen molar-refractivity contribution in [2.75, 3.05) is 11.9 Å². The first kappa shape index (κ1) is 18.6. The van der Waals surface area contributed by atoms with E-state index in [0.29, 0.717) is 15.7 Å². The number of carbonyl (C=O) groups excluding carboxylic acids is 2. The van der Waals surface area contributed by atoms with Crippen LogP contribution in [0.1, 0.15) is 21.5 Å². The number of halogens is 3. The van der Waals surface area contributed by atoms with Gasteiger partial charge in [-0.05, 0) is 49.2 Å². The molecule has 0 spiro atoms. The van der Waals surface area contributed by atoms with E-state index in [-0.39, 0.29) is 10.6 Å². The number of esters is 1. The molecule has 126 valence electrons. The van der Waals surface area contributed by atoms with Crippen LogP contribution in [0.15, 0.2) is 30.3 Å². The molecule has 1 N–H and O–H groups in total. The number of aryl methyl sites for hydroxylation is 2. The second kappa shape index (κ2) is 7.88. The highest BCUT2D eigenvalue weighted by molar-refractivity contribution is 6.42. The number of amides is 1. The van der Waals surface area contributed by atoms with Crippen LogP contribution < -0.4 is 5.32 Å². The highest BCUT2D eigenvalue weighted by Gasteiger charge is 2.14. The largest absolute Gasteiger partial charge is 0.452 e. The number of nitrogens with one attached hydrogen (secondary N) is 1. The van der Waals surface area contributed by atoms with Crippen LogP contribution in [0.5, 0.6) is 0 Å². The monoisotopic (exact) mass is 385 g/mol. The molecule has 2 rings (SSSR count). The van der Waals surface area contributed by atoms with E-state index in [1.165, 1.54) is 18.2 Å². The lowest BCUT2D eigenvalue weighted by atomic mass is 10.1. The number of carbonyl (C=O) groups is 2. The van der Waals surface area contributed by atoms with Gasteiger partial charge in [-0.3, -0.25) is 4.79 Å². The van der Waals surface area contributed by atoms with Crippen LogP contribution in [0.25, 0.3) is 0 Å². The van der Waals surface area contributed by atoms with Gasteiger partial charge in [0.25, 0.3) is 5.91 Å². The Hall–Kier alpha value is -1.75. The van der Waals surface area contributed by atoms with Crippen molar-refractivity contribution in [2.45, 2.75) is 13.8 Å². The van der Waals surface area contributed by atoms with Crippen molar-refractivity contribution in [2.24, 2.45) is 0 Å². The average Bonchev–Trinajstić information content (AvgIpc) is 2.51. The lowest BCUT2D eigenvalue weighted by molar-refractivity contribution is -0.119.